The van der Waals surface area contributed by atoms with E-state index in [1.807, 2.05) is 42.5 Å². The molecule has 0 fully saturated rings. The molecule has 0 atom stereocenters. The van der Waals surface area contributed by atoms with Crippen LogP contribution in [0.5, 0.6) is 17.2 Å². The predicted octanol–water partition coefficient (Wildman–Crippen LogP) is 3.90. The molecule has 0 saturated carbocycles. The van der Waals surface area contributed by atoms with Crippen molar-refractivity contribution >= 4 is 22.1 Å². The van der Waals surface area contributed by atoms with Crippen LogP contribution in [-0.2, 0) is 4.84 Å². The highest BCUT2D eigenvalue weighted by atomic mass is 79.9. The maximum absolute atomic E-state index is 5.55. The minimum atomic E-state index is 0.343. The zero-order chi connectivity index (χ0) is 16.5. The Labute approximate surface area is 143 Å². The number of para-hydroxylation sites is 1. The lowest BCUT2D eigenvalue weighted by atomic mass is 10.2. The van der Waals surface area contributed by atoms with Gasteiger partial charge in [0.2, 0.25) is 0 Å². The van der Waals surface area contributed by atoms with Gasteiger partial charge in [0.1, 0.15) is 12.4 Å². The van der Waals surface area contributed by atoms with Crippen molar-refractivity contribution in [2.24, 2.45) is 5.16 Å². The average Bonchev–Trinajstić information content (AvgIpc) is 2.57. The van der Waals surface area contributed by atoms with Gasteiger partial charge in [0.25, 0.3) is 0 Å². The third-order valence-corrected chi connectivity index (χ3v) is 3.43. The molecular formula is C17H18BrNO4. The van der Waals surface area contributed by atoms with Gasteiger partial charge in [-0.05, 0) is 30.3 Å². The van der Waals surface area contributed by atoms with Crippen molar-refractivity contribution in [3.8, 4) is 17.2 Å². The van der Waals surface area contributed by atoms with Crippen LogP contribution in [0.1, 0.15) is 5.56 Å². The molecule has 0 bridgehead atoms. The first-order valence-corrected chi connectivity index (χ1v) is 7.78. The minimum Gasteiger partial charge on any atom is -0.493 e. The fraction of sp³-hybridized carbons (Fsp3) is 0.235. The third-order valence-electron chi connectivity index (χ3n) is 2.94. The summed E-state index contributed by atoms with van der Waals surface area (Å²) in [6, 6.07) is 13.2. The molecule has 0 N–H and O–H groups in total. The number of ether oxygens (including phenoxy) is 3. The molecule has 2 aromatic rings. The van der Waals surface area contributed by atoms with Crippen LogP contribution >= 0.6 is 15.9 Å². The third kappa shape index (κ3) is 5.17. The van der Waals surface area contributed by atoms with Crippen LogP contribution in [-0.4, -0.2) is 33.6 Å². The van der Waals surface area contributed by atoms with Crippen LogP contribution in [0, 0.1) is 0 Å². The number of methoxy groups -OCH3 is 2. The highest BCUT2D eigenvalue weighted by Gasteiger charge is 2.07. The zero-order valence-corrected chi connectivity index (χ0v) is 14.6. The smallest absolute Gasteiger partial charge is 0.169 e. The van der Waals surface area contributed by atoms with Crippen molar-refractivity contribution in [3.63, 3.8) is 0 Å². The second-order valence-corrected chi connectivity index (χ2v) is 5.37. The summed E-state index contributed by atoms with van der Waals surface area (Å²) >= 11 is 3.39. The summed E-state index contributed by atoms with van der Waals surface area (Å²) < 4.78 is 17.1. The van der Waals surface area contributed by atoms with Crippen molar-refractivity contribution in [2.75, 3.05) is 27.4 Å². The molecule has 0 radical (unpaired) electrons. The molecular weight excluding hydrogens is 362 g/mol. The molecule has 0 heterocycles. The summed E-state index contributed by atoms with van der Waals surface area (Å²) in [7, 11) is 3.18. The molecule has 2 rings (SSSR count). The number of hydrogen-bond acceptors (Lipinski definition) is 5. The lowest BCUT2D eigenvalue weighted by Gasteiger charge is -2.09. The number of rotatable bonds is 8. The van der Waals surface area contributed by atoms with E-state index < -0.39 is 0 Å². The largest absolute Gasteiger partial charge is 0.493 e. The van der Waals surface area contributed by atoms with Gasteiger partial charge >= 0.3 is 0 Å². The first kappa shape index (κ1) is 17.1. The van der Waals surface area contributed by atoms with Gasteiger partial charge in [-0.25, -0.2) is 0 Å². The Kier molecular flexibility index (Phi) is 6.75. The van der Waals surface area contributed by atoms with Gasteiger partial charge in [-0.1, -0.05) is 33.2 Å². The summed E-state index contributed by atoms with van der Waals surface area (Å²) in [5, 5.41) is 3.92. The normalized spacial score (nSPS) is 10.6. The fourth-order valence-electron chi connectivity index (χ4n) is 1.91. The van der Waals surface area contributed by atoms with E-state index in [0.29, 0.717) is 24.7 Å². The van der Waals surface area contributed by atoms with Crippen LogP contribution in [0.15, 0.2) is 52.1 Å². The topological polar surface area (TPSA) is 49.3 Å². The van der Waals surface area contributed by atoms with Crippen LogP contribution in [0.4, 0.5) is 0 Å². The Morgan fingerprint density at radius 2 is 1.87 bits per heavy atom. The Morgan fingerprint density at radius 1 is 1.04 bits per heavy atom. The molecule has 0 unspecified atom stereocenters. The van der Waals surface area contributed by atoms with E-state index in [4.69, 9.17) is 19.0 Å². The van der Waals surface area contributed by atoms with Crippen LogP contribution in [0.25, 0.3) is 0 Å². The Balaban J connectivity index is 1.81. The van der Waals surface area contributed by atoms with Gasteiger partial charge in [0.15, 0.2) is 18.1 Å². The molecule has 0 aliphatic carbocycles. The maximum Gasteiger partial charge on any atom is 0.169 e. The Bertz CT molecular complexity index is 661. The summed E-state index contributed by atoms with van der Waals surface area (Å²) in [4.78, 5) is 5.20. The number of oxime groups is 1. The van der Waals surface area contributed by atoms with E-state index in [9.17, 15) is 0 Å². The molecule has 23 heavy (non-hydrogen) atoms. The van der Waals surface area contributed by atoms with Gasteiger partial charge in [-0.3, -0.25) is 0 Å². The fourth-order valence-corrected chi connectivity index (χ4v) is 2.29. The van der Waals surface area contributed by atoms with Gasteiger partial charge < -0.3 is 19.0 Å². The lowest BCUT2D eigenvalue weighted by molar-refractivity contribution is 0.108. The number of benzene rings is 2. The average molecular weight is 380 g/mol. The molecule has 0 aliphatic heterocycles. The van der Waals surface area contributed by atoms with Crippen molar-refractivity contribution < 1.29 is 19.0 Å². The molecule has 0 amide bonds. The van der Waals surface area contributed by atoms with Crippen LogP contribution < -0.4 is 14.2 Å². The van der Waals surface area contributed by atoms with Crippen molar-refractivity contribution in [1.29, 1.82) is 0 Å². The number of nitrogens with zero attached hydrogens (tertiary/aromatic N) is 1. The van der Waals surface area contributed by atoms with Crippen LogP contribution in [0.2, 0.25) is 0 Å². The van der Waals surface area contributed by atoms with Gasteiger partial charge in [-0.2, -0.15) is 0 Å². The highest BCUT2D eigenvalue weighted by Crippen LogP contribution is 2.29. The van der Waals surface area contributed by atoms with E-state index in [1.54, 1.807) is 20.4 Å². The van der Waals surface area contributed by atoms with Crippen molar-refractivity contribution in [3.05, 3.63) is 52.5 Å². The first-order chi connectivity index (χ1) is 11.2. The van der Waals surface area contributed by atoms with E-state index in [-0.39, 0.29) is 0 Å². The maximum atomic E-state index is 5.55. The second-order valence-electron chi connectivity index (χ2n) is 4.46. The quantitative estimate of drug-likeness (QED) is 0.396. The Morgan fingerprint density at radius 3 is 2.61 bits per heavy atom. The van der Waals surface area contributed by atoms with Crippen LogP contribution in [0.3, 0.4) is 0 Å². The lowest BCUT2D eigenvalue weighted by Crippen LogP contribution is -2.04. The summed E-state index contributed by atoms with van der Waals surface area (Å²) in [5.41, 5.74) is 0.778. The Hall–Kier alpha value is -2.21. The van der Waals surface area contributed by atoms with E-state index >= 15 is 0 Å². The van der Waals surface area contributed by atoms with E-state index in [2.05, 4.69) is 21.1 Å². The zero-order valence-electron chi connectivity index (χ0n) is 13.0. The standard InChI is InChI=1S/C17H18BrNO4/c1-20-16-8-3-5-13(17(16)21-2)12-19-23-10-9-22-15-7-4-6-14(18)11-15/h3-8,11-12H,9-10H2,1-2H3. The second kappa shape index (κ2) is 9.05. The molecule has 5 nitrogen and oxygen atoms in total. The summed E-state index contributed by atoms with van der Waals surface area (Å²) in [6.07, 6.45) is 1.58. The van der Waals surface area contributed by atoms with Crippen molar-refractivity contribution in [2.45, 2.75) is 0 Å². The molecule has 0 aromatic heterocycles. The highest BCUT2D eigenvalue weighted by molar-refractivity contribution is 9.10. The number of hydrogen-bond donors (Lipinski definition) is 0. The molecule has 122 valence electrons. The molecule has 2 aromatic carbocycles. The van der Waals surface area contributed by atoms with E-state index in [0.717, 1.165) is 15.8 Å². The SMILES string of the molecule is COc1cccc(C=NOCCOc2cccc(Br)c2)c1OC. The van der Waals surface area contributed by atoms with Gasteiger partial charge in [0, 0.05) is 10.0 Å². The minimum absolute atomic E-state index is 0.343. The molecule has 6 heteroatoms. The molecule has 0 aliphatic rings. The predicted molar refractivity (Wildman–Crippen MR) is 92.7 cm³/mol. The summed E-state index contributed by atoms with van der Waals surface area (Å²) in [5.74, 6) is 2.04. The van der Waals surface area contributed by atoms with Gasteiger partial charge in [-0.15, -0.1) is 0 Å². The molecule has 0 saturated heterocycles. The monoisotopic (exact) mass is 379 g/mol. The first-order valence-electron chi connectivity index (χ1n) is 6.99. The van der Waals surface area contributed by atoms with Crippen molar-refractivity contribution in [1.82, 2.24) is 0 Å². The summed E-state index contributed by atoms with van der Waals surface area (Å²) in [6.45, 7) is 0.748. The number of halogens is 1. The van der Waals surface area contributed by atoms with Gasteiger partial charge in [0.05, 0.1) is 20.4 Å². The molecule has 0 spiro atoms. The van der Waals surface area contributed by atoms with E-state index in [1.165, 1.54) is 0 Å².